The Hall–Kier alpha value is -2.99. The number of amides is 1. The van der Waals surface area contributed by atoms with E-state index >= 15 is 0 Å². The molecule has 2 aliphatic rings. The van der Waals surface area contributed by atoms with Crippen molar-refractivity contribution in [3.63, 3.8) is 0 Å². The van der Waals surface area contributed by atoms with Gasteiger partial charge in [-0.1, -0.05) is 0 Å². The Kier molecular flexibility index (Phi) is 6.71. The molecule has 1 atom stereocenters. The van der Waals surface area contributed by atoms with Crippen molar-refractivity contribution >= 4 is 18.3 Å². The lowest BCUT2D eigenvalue weighted by Crippen LogP contribution is -2.38. The molecule has 27 heavy (non-hydrogen) atoms. The monoisotopic (exact) mass is 370 g/mol. The number of nitrogens with zero attached hydrogens (tertiary/aromatic N) is 4. The normalized spacial score (nSPS) is 18.8. The molecule has 142 valence electrons. The van der Waals surface area contributed by atoms with Gasteiger partial charge in [-0.25, -0.2) is 14.8 Å². The number of pyridine rings is 1. The minimum atomic E-state index is -0.378. The lowest BCUT2D eigenvalue weighted by Gasteiger charge is -2.25. The molecule has 1 aromatic heterocycles. The van der Waals surface area contributed by atoms with Crippen LogP contribution in [0, 0.1) is 11.3 Å². The number of aromatic nitrogens is 1. The van der Waals surface area contributed by atoms with Crippen LogP contribution in [-0.2, 0) is 16.1 Å². The number of carbonyl (C=O) groups is 1. The smallest absolute Gasteiger partial charge is 0.407 e. The molecule has 2 N–H and O–H groups in total. The maximum Gasteiger partial charge on any atom is 0.407 e. The van der Waals surface area contributed by atoms with Gasteiger partial charge in [0.25, 0.3) is 0 Å². The molecule has 0 saturated heterocycles. The maximum atomic E-state index is 11.5. The molecule has 3 rings (SSSR count). The van der Waals surface area contributed by atoms with E-state index in [9.17, 15) is 4.79 Å². The zero-order chi connectivity index (χ0) is 18.9. The highest BCUT2D eigenvalue weighted by Crippen LogP contribution is 2.21. The van der Waals surface area contributed by atoms with Gasteiger partial charge in [-0.05, 0) is 30.9 Å². The average Bonchev–Trinajstić information content (AvgIpc) is 2.67. The number of alkyl carbamates (subject to hydrolysis) is 1. The number of guanidine groups is 1. The van der Waals surface area contributed by atoms with Gasteiger partial charge in [0, 0.05) is 31.7 Å². The second-order valence-electron chi connectivity index (χ2n) is 6.25. The predicted molar refractivity (Wildman–Crippen MR) is 98.4 cm³/mol. The van der Waals surface area contributed by atoms with Crippen LogP contribution in [0.3, 0.4) is 0 Å². The van der Waals surface area contributed by atoms with Crippen molar-refractivity contribution in [2.45, 2.75) is 38.1 Å². The van der Waals surface area contributed by atoms with Gasteiger partial charge in [0.2, 0.25) is 5.96 Å². The van der Waals surface area contributed by atoms with Crippen molar-refractivity contribution < 1.29 is 14.3 Å². The third kappa shape index (κ3) is 5.76. The molecule has 9 heteroatoms. The average molecular weight is 370 g/mol. The summed E-state index contributed by atoms with van der Waals surface area (Å²) in [5.41, 5.74) is 1.29. The highest BCUT2D eigenvalue weighted by Gasteiger charge is 2.21. The zero-order valence-corrected chi connectivity index (χ0v) is 14.9. The number of aliphatic imine (C=N–C) groups is 2. The van der Waals surface area contributed by atoms with E-state index in [0.717, 1.165) is 24.8 Å². The molecule has 1 aliphatic carbocycles. The standard InChI is InChI=1S/C18H22N6O3/c19-8-14-9-20-5-4-13(14)12-26-16-10-23-17(24-11-16)21-6-7-22-18(25)27-15-2-1-3-15/h4-5,9-10,15-16H,1-3,6-7,11-12H2,(H,21,24)(H,22,25). The van der Waals surface area contributed by atoms with Gasteiger partial charge >= 0.3 is 6.09 Å². The van der Waals surface area contributed by atoms with E-state index in [2.05, 4.69) is 31.7 Å². The first kappa shape index (κ1) is 18.8. The van der Waals surface area contributed by atoms with Crippen molar-refractivity contribution in [2.75, 3.05) is 19.6 Å². The van der Waals surface area contributed by atoms with Crippen LogP contribution in [0.4, 0.5) is 4.79 Å². The van der Waals surface area contributed by atoms with E-state index in [1.807, 2.05) is 0 Å². The van der Waals surface area contributed by atoms with Crippen LogP contribution in [0.15, 0.2) is 28.4 Å². The van der Waals surface area contributed by atoms with Gasteiger partial charge in [-0.3, -0.25) is 4.98 Å². The van der Waals surface area contributed by atoms with E-state index in [1.54, 1.807) is 18.5 Å². The van der Waals surface area contributed by atoms with Crippen LogP contribution >= 0.6 is 0 Å². The fourth-order valence-corrected chi connectivity index (χ4v) is 2.48. The Labute approximate surface area is 157 Å². The van der Waals surface area contributed by atoms with Gasteiger partial charge < -0.3 is 20.1 Å². The second kappa shape index (κ2) is 9.64. The predicted octanol–water partition coefficient (Wildman–Crippen LogP) is 1.15. The SMILES string of the molecule is N#Cc1cnccc1COC1C=NC(NCCNC(=O)OC2CCC2)=NC1. The molecule has 1 fully saturated rings. The number of ether oxygens (including phenoxy) is 2. The van der Waals surface area contributed by atoms with Crippen LogP contribution in [0.2, 0.25) is 0 Å². The lowest BCUT2D eigenvalue weighted by atomic mass is 9.96. The molecule has 1 aromatic rings. The summed E-state index contributed by atoms with van der Waals surface area (Å²) in [6, 6.07) is 3.85. The number of hydrogen-bond donors (Lipinski definition) is 2. The summed E-state index contributed by atoms with van der Waals surface area (Å²) in [6.07, 6.45) is 7.33. The molecule has 0 radical (unpaired) electrons. The Morgan fingerprint density at radius 2 is 2.26 bits per heavy atom. The Morgan fingerprint density at radius 3 is 2.96 bits per heavy atom. The summed E-state index contributed by atoms with van der Waals surface area (Å²) in [6.45, 7) is 1.67. The van der Waals surface area contributed by atoms with Crippen molar-refractivity contribution in [3.05, 3.63) is 29.6 Å². The van der Waals surface area contributed by atoms with Crippen LogP contribution in [0.5, 0.6) is 0 Å². The topological polar surface area (TPSA) is 121 Å². The molecule has 1 saturated carbocycles. The fourth-order valence-electron chi connectivity index (χ4n) is 2.48. The van der Waals surface area contributed by atoms with Gasteiger partial charge in [-0.2, -0.15) is 5.26 Å². The van der Waals surface area contributed by atoms with E-state index in [0.29, 0.717) is 37.8 Å². The minimum Gasteiger partial charge on any atom is -0.446 e. The van der Waals surface area contributed by atoms with Crippen LogP contribution in [0.25, 0.3) is 0 Å². The molecule has 1 aliphatic heterocycles. The third-order valence-corrected chi connectivity index (χ3v) is 4.27. The van der Waals surface area contributed by atoms with Gasteiger partial charge in [0.05, 0.1) is 18.7 Å². The highest BCUT2D eigenvalue weighted by atomic mass is 16.6. The highest BCUT2D eigenvalue weighted by molar-refractivity contribution is 5.90. The lowest BCUT2D eigenvalue weighted by molar-refractivity contribution is 0.0527. The Balaban J connectivity index is 1.31. The largest absolute Gasteiger partial charge is 0.446 e. The third-order valence-electron chi connectivity index (χ3n) is 4.27. The Morgan fingerprint density at radius 1 is 1.37 bits per heavy atom. The molecule has 0 spiro atoms. The summed E-state index contributed by atoms with van der Waals surface area (Å²) < 4.78 is 10.9. The zero-order valence-electron chi connectivity index (χ0n) is 14.9. The number of nitrogens with one attached hydrogen (secondary N) is 2. The summed E-state index contributed by atoms with van der Waals surface area (Å²) in [5.74, 6) is 0.505. The van der Waals surface area contributed by atoms with E-state index < -0.39 is 0 Å². The van der Waals surface area contributed by atoms with E-state index in [-0.39, 0.29) is 18.3 Å². The summed E-state index contributed by atoms with van der Waals surface area (Å²) in [7, 11) is 0. The number of rotatable bonds is 7. The van der Waals surface area contributed by atoms with Crippen molar-refractivity contribution in [1.29, 1.82) is 5.26 Å². The minimum absolute atomic E-state index is 0.0820. The summed E-state index contributed by atoms with van der Waals surface area (Å²) >= 11 is 0. The first-order valence-corrected chi connectivity index (χ1v) is 8.96. The van der Waals surface area contributed by atoms with Gasteiger partial charge in [-0.15, -0.1) is 0 Å². The molecule has 0 aromatic carbocycles. The van der Waals surface area contributed by atoms with Crippen LogP contribution < -0.4 is 10.6 Å². The summed E-state index contributed by atoms with van der Waals surface area (Å²) in [5, 5.41) is 14.8. The van der Waals surface area contributed by atoms with Gasteiger partial charge in [0.1, 0.15) is 18.3 Å². The van der Waals surface area contributed by atoms with Crippen molar-refractivity contribution in [2.24, 2.45) is 9.98 Å². The maximum absolute atomic E-state index is 11.5. The van der Waals surface area contributed by atoms with Crippen LogP contribution in [-0.4, -0.2) is 55.1 Å². The quantitative estimate of drug-likeness (QED) is 0.695. The molecular weight excluding hydrogens is 348 g/mol. The second-order valence-corrected chi connectivity index (χ2v) is 6.25. The molecule has 1 unspecified atom stereocenters. The number of hydrogen-bond acceptors (Lipinski definition) is 8. The number of carbonyl (C=O) groups excluding carboxylic acids is 1. The molecule has 0 bridgehead atoms. The molecule has 1 amide bonds. The van der Waals surface area contributed by atoms with Crippen LogP contribution in [0.1, 0.15) is 30.4 Å². The molecular formula is C18H22N6O3. The summed E-state index contributed by atoms with van der Waals surface area (Å²) in [4.78, 5) is 24.0. The van der Waals surface area contributed by atoms with Crippen molar-refractivity contribution in [1.82, 2.24) is 15.6 Å². The fraction of sp³-hybridized carbons (Fsp3) is 0.500. The van der Waals surface area contributed by atoms with E-state index in [4.69, 9.17) is 14.7 Å². The van der Waals surface area contributed by atoms with Gasteiger partial charge in [0.15, 0.2) is 0 Å². The van der Waals surface area contributed by atoms with Crippen molar-refractivity contribution in [3.8, 4) is 6.07 Å². The molecule has 9 nitrogen and oxygen atoms in total. The molecule has 2 heterocycles. The first-order chi connectivity index (χ1) is 13.2. The Bertz CT molecular complexity index is 754. The number of nitriles is 1. The first-order valence-electron chi connectivity index (χ1n) is 8.96. The van der Waals surface area contributed by atoms with E-state index in [1.165, 1.54) is 6.20 Å².